The molecule has 114 valence electrons. The Morgan fingerprint density at radius 3 is 2.25 bits per heavy atom. The molecule has 1 aromatic rings. The SMILES string of the molecule is COCCN(CC(F)F)S(=O)(=O)c1ccc(OC)cc1. The summed E-state index contributed by atoms with van der Waals surface area (Å²) in [6, 6.07) is 5.56. The van der Waals surface area contributed by atoms with E-state index in [-0.39, 0.29) is 18.0 Å². The molecule has 5 nitrogen and oxygen atoms in total. The molecular formula is C12H17F2NO4S. The molecule has 0 spiro atoms. The van der Waals surface area contributed by atoms with E-state index in [4.69, 9.17) is 9.47 Å². The Hall–Kier alpha value is -1.25. The third-order valence-electron chi connectivity index (χ3n) is 2.58. The van der Waals surface area contributed by atoms with E-state index in [0.717, 1.165) is 0 Å². The zero-order valence-corrected chi connectivity index (χ0v) is 12.1. The van der Waals surface area contributed by atoms with E-state index in [0.29, 0.717) is 10.1 Å². The van der Waals surface area contributed by atoms with E-state index in [1.165, 1.54) is 38.5 Å². The lowest BCUT2D eigenvalue weighted by molar-refractivity contribution is 0.106. The van der Waals surface area contributed by atoms with Crippen LogP contribution in [0.25, 0.3) is 0 Å². The smallest absolute Gasteiger partial charge is 0.252 e. The van der Waals surface area contributed by atoms with Crippen LogP contribution in [-0.4, -0.2) is 53.1 Å². The predicted octanol–water partition coefficient (Wildman–Crippen LogP) is 1.60. The summed E-state index contributed by atoms with van der Waals surface area (Å²) in [6.07, 6.45) is -2.75. The molecular weight excluding hydrogens is 292 g/mol. The number of methoxy groups -OCH3 is 2. The monoisotopic (exact) mass is 309 g/mol. The number of rotatable bonds is 8. The highest BCUT2D eigenvalue weighted by atomic mass is 32.2. The number of ether oxygens (including phenoxy) is 2. The number of hydrogen-bond acceptors (Lipinski definition) is 4. The summed E-state index contributed by atoms with van der Waals surface area (Å²) in [5.41, 5.74) is 0. The van der Waals surface area contributed by atoms with E-state index in [2.05, 4.69) is 0 Å². The molecule has 0 aliphatic heterocycles. The van der Waals surface area contributed by atoms with Crippen molar-refractivity contribution in [2.24, 2.45) is 0 Å². The lowest BCUT2D eigenvalue weighted by Crippen LogP contribution is -2.37. The van der Waals surface area contributed by atoms with Crippen LogP contribution in [-0.2, 0) is 14.8 Å². The summed E-state index contributed by atoms with van der Waals surface area (Å²) in [5.74, 6) is 0.487. The first-order valence-corrected chi connectivity index (χ1v) is 7.27. The van der Waals surface area contributed by atoms with Gasteiger partial charge in [0.1, 0.15) is 5.75 Å². The van der Waals surface area contributed by atoms with Crippen molar-refractivity contribution in [3.05, 3.63) is 24.3 Å². The molecule has 8 heteroatoms. The van der Waals surface area contributed by atoms with Crippen LogP contribution in [0.4, 0.5) is 8.78 Å². The minimum Gasteiger partial charge on any atom is -0.497 e. The fourth-order valence-electron chi connectivity index (χ4n) is 1.55. The summed E-state index contributed by atoms with van der Waals surface area (Å²) < 4.78 is 59.9. The van der Waals surface area contributed by atoms with E-state index in [9.17, 15) is 17.2 Å². The minimum absolute atomic E-state index is 0.0438. The van der Waals surface area contributed by atoms with Gasteiger partial charge in [-0.2, -0.15) is 4.31 Å². The Labute approximate surface area is 117 Å². The minimum atomic E-state index is -3.98. The summed E-state index contributed by atoms with van der Waals surface area (Å²) in [5, 5.41) is 0. The van der Waals surface area contributed by atoms with Gasteiger partial charge in [-0.1, -0.05) is 0 Å². The Morgan fingerprint density at radius 1 is 1.20 bits per heavy atom. The first kappa shape index (κ1) is 16.8. The van der Waals surface area contributed by atoms with Gasteiger partial charge in [0, 0.05) is 13.7 Å². The van der Waals surface area contributed by atoms with Gasteiger partial charge in [0.15, 0.2) is 0 Å². The topological polar surface area (TPSA) is 55.8 Å². The van der Waals surface area contributed by atoms with Crippen molar-refractivity contribution in [1.29, 1.82) is 0 Å². The second kappa shape index (κ2) is 7.51. The van der Waals surface area contributed by atoms with Crippen molar-refractivity contribution in [2.75, 3.05) is 33.9 Å². The number of sulfonamides is 1. The third kappa shape index (κ3) is 4.39. The number of hydrogen-bond donors (Lipinski definition) is 0. The molecule has 0 fully saturated rings. The summed E-state index contributed by atoms with van der Waals surface area (Å²) in [7, 11) is -1.15. The quantitative estimate of drug-likeness (QED) is 0.732. The van der Waals surface area contributed by atoms with Gasteiger partial charge < -0.3 is 9.47 Å². The number of halogens is 2. The summed E-state index contributed by atoms with van der Waals surface area (Å²) >= 11 is 0. The van der Waals surface area contributed by atoms with Crippen LogP contribution in [0.3, 0.4) is 0 Å². The van der Waals surface area contributed by atoms with Gasteiger partial charge in [-0.3, -0.25) is 0 Å². The Morgan fingerprint density at radius 2 is 1.80 bits per heavy atom. The maximum Gasteiger partial charge on any atom is 0.252 e. The number of alkyl halides is 2. The van der Waals surface area contributed by atoms with Gasteiger partial charge in [0.2, 0.25) is 10.0 Å². The second-order valence-corrected chi connectivity index (χ2v) is 5.86. The van der Waals surface area contributed by atoms with E-state index in [1.807, 2.05) is 0 Å². The molecule has 0 saturated heterocycles. The summed E-state index contributed by atoms with van der Waals surface area (Å²) in [4.78, 5) is -0.0601. The molecule has 0 unspecified atom stereocenters. The molecule has 0 bridgehead atoms. The van der Waals surface area contributed by atoms with Gasteiger partial charge in [0.05, 0.1) is 25.2 Å². The van der Waals surface area contributed by atoms with Crippen molar-refractivity contribution < 1.29 is 26.7 Å². The largest absolute Gasteiger partial charge is 0.497 e. The molecule has 0 radical (unpaired) electrons. The lowest BCUT2D eigenvalue weighted by atomic mass is 10.3. The normalized spacial score (nSPS) is 12.1. The summed E-state index contributed by atoms with van der Waals surface area (Å²) in [6.45, 7) is -0.949. The van der Waals surface area contributed by atoms with Crippen LogP contribution in [0.15, 0.2) is 29.2 Å². The van der Waals surface area contributed by atoms with Crippen molar-refractivity contribution in [2.45, 2.75) is 11.3 Å². The van der Waals surface area contributed by atoms with E-state index < -0.39 is 23.0 Å². The van der Waals surface area contributed by atoms with Gasteiger partial charge >= 0.3 is 0 Å². The fourth-order valence-corrected chi connectivity index (χ4v) is 2.96. The molecule has 0 aliphatic carbocycles. The molecule has 0 N–H and O–H groups in total. The molecule has 20 heavy (non-hydrogen) atoms. The highest BCUT2D eigenvalue weighted by Gasteiger charge is 2.26. The molecule has 1 aromatic carbocycles. The third-order valence-corrected chi connectivity index (χ3v) is 4.46. The standard InChI is InChI=1S/C12H17F2NO4S/c1-18-8-7-15(9-12(13)14)20(16,17)11-5-3-10(19-2)4-6-11/h3-6,12H,7-9H2,1-2H3. The molecule has 0 heterocycles. The molecule has 0 aromatic heterocycles. The van der Waals surface area contributed by atoms with Crippen LogP contribution >= 0.6 is 0 Å². The Bertz CT molecular complexity index is 505. The highest BCUT2D eigenvalue weighted by Crippen LogP contribution is 2.20. The molecule has 0 atom stereocenters. The second-order valence-electron chi connectivity index (χ2n) is 3.92. The van der Waals surface area contributed by atoms with E-state index >= 15 is 0 Å². The number of benzene rings is 1. The maximum absolute atomic E-state index is 12.5. The van der Waals surface area contributed by atoms with Crippen molar-refractivity contribution >= 4 is 10.0 Å². The van der Waals surface area contributed by atoms with Crippen molar-refractivity contribution in [1.82, 2.24) is 4.31 Å². The van der Waals surface area contributed by atoms with Crippen LogP contribution in [0.5, 0.6) is 5.75 Å². The zero-order valence-electron chi connectivity index (χ0n) is 11.3. The first-order chi connectivity index (χ1) is 9.41. The van der Waals surface area contributed by atoms with Crippen LogP contribution in [0.2, 0.25) is 0 Å². The zero-order chi connectivity index (χ0) is 15.2. The fraction of sp³-hybridized carbons (Fsp3) is 0.500. The maximum atomic E-state index is 12.5. The number of nitrogens with zero attached hydrogens (tertiary/aromatic N) is 1. The first-order valence-electron chi connectivity index (χ1n) is 5.83. The van der Waals surface area contributed by atoms with Crippen LogP contribution in [0, 0.1) is 0 Å². The van der Waals surface area contributed by atoms with Gasteiger partial charge in [-0.05, 0) is 24.3 Å². The van der Waals surface area contributed by atoms with Crippen LogP contribution < -0.4 is 4.74 Å². The van der Waals surface area contributed by atoms with Gasteiger partial charge in [0.25, 0.3) is 6.43 Å². The molecule has 1 rings (SSSR count). The lowest BCUT2D eigenvalue weighted by Gasteiger charge is -2.21. The predicted molar refractivity (Wildman–Crippen MR) is 69.6 cm³/mol. The van der Waals surface area contributed by atoms with Gasteiger partial charge in [-0.25, -0.2) is 17.2 Å². The molecule has 0 saturated carbocycles. The molecule has 0 amide bonds. The Kier molecular flexibility index (Phi) is 6.31. The van der Waals surface area contributed by atoms with E-state index in [1.54, 1.807) is 0 Å². The van der Waals surface area contributed by atoms with Crippen molar-refractivity contribution in [3.63, 3.8) is 0 Å². The average molecular weight is 309 g/mol. The van der Waals surface area contributed by atoms with Crippen LogP contribution in [0.1, 0.15) is 0 Å². The van der Waals surface area contributed by atoms with Gasteiger partial charge in [-0.15, -0.1) is 0 Å². The molecule has 0 aliphatic rings. The Balaban J connectivity index is 3.00. The highest BCUT2D eigenvalue weighted by molar-refractivity contribution is 7.89. The average Bonchev–Trinajstić information content (AvgIpc) is 2.43. The van der Waals surface area contributed by atoms with Crippen molar-refractivity contribution in [3.8, 4) is 5.75 Å².